The topological polar surface area (TPSA) is 0 Å². The molecule has 0 aromatic heterocycles. The number of alkyl halides is 1. The van der Waals surface area contributed by atoms with E-state index in [1.54, 1.807) is 0 Å². The monoisotopic (exact) mass is 252 g/mol. The van der Waals surface area contributed by atoms with Crippen molar-refractivity contribution >= 4 is 15.9 Å². The second kappa shape index (κ2) is 4.97. The molecule has 0 bridgehead atoms. The molecule has 76 valence electrons. The van der Waals surface area contributed by atoms with E-state index in [9.17, 15) is 0 Å². The van der Waals surface area contributed by atoms with Crippen molar-refractivity contribution in [1.82, 2.24) is 0 Å². The van der Waals surface area contributed by atoms with Crippen LogP contribution in [-0.2, 0) is 0 Å². The Balaban J connectivity index is 2.03. The van der Waals surface area contributed by atoms with Crippen molar-refractivity contribution in [1.29, 1.82) is 0 Å². The summed E-state index contributed by atoms with van der Waals surface area (Å²) >= 11 is 3.85. The Morgan fingerprint density at radius 2 is 1.64 bits per heavy atom. The van der Waals surface area contributed by atoms with E-state index in [2.05, 4.69) is 46.3 Å². The second-order valence-electron chi connectivity index (χ2n) is 4.21. The summed E-state index contributed by atoms with van der Waals surface area (Å²) in [4.78, 5) is 0.573. The summed E-state index contributed by atoms with van der Waals surface area (Å²) in [6, 6.07) is 10.8. The molecule has 1 saturated carbocycles. The summed E-state index contributed by atoms with van der Waals surface area (Å²) in [6.45, 7) is 0. The number of benzene rings is 1. The van der Waals surface area contributed by atoms with Crippen LogP contribution in [0.1, 0.15) is 42.5 Å². The van der Waals surface area contributed by atoms with Gasteiger partial charge in [-0.15, -0.1) is 0 Å². The lowest BCUT2D eigenvalue weighted by atomic mass is 9.85. The molecule has 0 N–H and O–H groups in total. The number of halogens is 1. The van der Waals surface area contributed by atoms with E-state index in [1.807, 2.05) is 0 Å². The third-order valence-electron chi connectivity index (χ3n) is 3.18. The molecule has 0 radical (unpaired) electrons. The molecule has 1 aliphatic rings. The fraction of sp³-hybridized carbons (Fsp3) is 0.538. The Labute approximate surface area is 94.8 Å². The number of hydrogen-bond acceptors (Lipinski definition) is 0. The summed E-state index contributed by atoms with van der Waals surface area (Å²) in [6.07, 6.45) is 7.06. The van der Waals surface area contributed by atoms with Crippen molar-refractivity contribution in [2.24, 2.45) is 5.92 Å². The van der Waals surface area contributed by atoms with Gasteiger partial charge in [-0.25, -0.2) is 0 Å². The van der Waals surface area contributed by atoms with Gasteiger partial charge in [0.1, 0.15) is 0 Å². The van der Waals surface area contributed by atoms with Crippen LogP contribution < -0.4 is 0 Å². The predicted octanol–water partition coefficient (Wildman–Crippen LogP) is 4.70. The van der Waals surface area contributed by atoms with Crippen molar-refractivity contribution in [3.63, 3.8) is 0 Å². The minimum Gasteiger partial charge on any atom is -0.0836 e. The lowest BCUT2D eigenvalue weighted by molar-refractivity contribution is 0.354. The van der Waals surface area contributed by atoms with E-state index in [1.165, 1.54) is 37.7 Å². The van der Waals surface area contributed by atoms with E-state index in [4.69, 9.17) is 0 Å². The maximum absolute atomic E-state index is 3.85. The highest BCUT2D eigenvalue weighted by Gasteiger charge is 2.22. The molecule has 1 aromatic carbocycles. The van der Waals surface area contributed by atoms with Gasteiger partial charge in [0.25, 0.3) is 0 Å². The highest BCUT2D eigenvalue weighted by atomic mass is 79.9. The molecule has 0 aliphatic heterocycles. The fourth-order valence-electron chi connectivity index (χ4n) is 2.34. The van der Waals surface area contributed by atoms with E-state index in [0.717, 1.165) is 5.92 Å². The molecular formula is C13H17Br. The van der Waals surface area contributed by atoms with Gasteiger partial charge < -0.3 is 0 Å². The molecule has 1 aromatic rings. The molecule has 1 aliphatic carbocycles. The number of rotatable bonds is 2. The molecule has 0 saturated heterocycles. The largest absolute Gasteiger partial charge is 0.0836 e. The zero-order valence-corrected chi connectivity index (χ0v) is 10.0. The molecule has 1 heteroatoms. The first kappa shape index (κ1) is 10.2. The van der Waals surface area contributed by atoms with Crippen LogP contribution in [0.15, 0.2) is 30.3 Å². The lowest BCUT2D eigenvalue weighted by Gasteiger charge is -2.26. The minimum atomic E-state index is 0.573. The van der Waals surface area contributed by atoms with Crippen LogP contribution in [0.25, 0.3) is 0 Å². The average molecular weight is 253 g/mol. The van der Waals surface area contributed by atoms with E-state index < -0.39 is 0 Å². The van der Waals surface area contributed by atoms with Crippen LogP contribution >= 0.6 is 15.9 Å². The van der Waals surface area contributed by atoms with Gasteiger partial charge in [0, 0.05) is 4.83 Å². The van der Waals surface area contributed by atoms with Crippen LogP contribution in [0.2, 0.25) is 0 Å². The molecule has 0 heterocycles. The highest BCUT2D eigenvalue weighted by molar-refractivity contribution is 9.09. The molecule has 0 amide bonds. The lowest BCUT2D eigenvalue weighted by Crippen LogP contribution is -2.11. The average Bonchev–Trinajstić information content (AvgIpc) is 2.30. The maximum atomic E-state index is 3.85. The van der Waals surface area contributed by atoms with Crippen molar-refractivity contribution in [3.05, 3.63) is 35.9 Å². The van der Waals surface area contributed by atoms with Gasteiger partial charge in [-0.1, -0.05) is 65.5 Å². The summed E-state index contributed by atoms with van der Waals surface area (Å²) in [5.74, 6) is 0.853. The summed E-state index contributed by atoms with van der Waals surface area (Å²) in [7, 11) is 0. The Kier molecular flexibility index (Phi) is 3.63. The van der Waals surface area contributed by atoms with Gasteiger partial charge in [-0.2, -0.15) is 0 Å². The van der Waals surface area contributed by atoms with Crippen LogP contribution in [0, 0.1) is 5.92 Å². The Morgan fingerprint density at radius 3 is 2.29 bits per heavy atom. The van der Waals surface area contributed by atoms with Gasteiger partial charge in [0.15, 0.2) is 0 Å². The molecule has 0 spiro atoms. The first-order valence-electron chi connectivity index (χ1n) is 5.57. The van der Waals surface area contributed by atoms with Crippen LogP contribution in [-0.4, -0.2) is 0 Å². The SMILES string of the molecule is BrC(c1ccccc1)C1CCCCC1. The molecule has 0 nitrogen and oxygen atoms in total. The molecular weight excluding hydrogens is 236 g/mol. The third kappa shape index (κ3) is 2.38. The molecule has 14 heavy (non-hydrogen) atoms. The van der Waals surface area contributed by atoms with E-state index in [-0.39, 0.29) is 0 Å². The van der Waals surface area contributed by atoms with Crippen molar-refractivity contribution in [2.45, 2.75) is 36.9 Å². The van der Waals surface area contributed by atoms with Gasteiger partial charge in [-0.05, 0) is 24.3 Å². The number of hydrogen-bond donors (Lipinski definition) is 0. The normalized spacial score (nSPS) is 20.6. The van der Waals surface area contributed by atoms with Crippen molar-refractivity contribution in [2.75, 3.05) is 0 Å². The van der Waals surface area contributed by atoms with Gasteiger partial charge >= 0.3 is 0 Å². The van der Waals surface area contributed by atoms with E-state index in [0.29, 0.717) is 4.83 Å². The quantitative estimate of drug-likeness (QED) is 0.670. The molecule has 1 atom stereocenters. The fourth-order valence-corrected chi connectivity index (χ4v) is 3.17. The minimum absolute atomic E-state index is 0.573. The van der Waals surface area contributed by atoms with Gasteiger partial charge in [-0.3, -0.25) is 0 Å². The molecule has 1 fully saturated rings. The van der Waals surface area contributed by atoms with Crippen LogP contribution in [0.4, 0.5) is 0 Å². The van der Waals surface area contributed by atoms with Crippen LogP contribution in [0.5, 0.6) is 0 Å². The van der Waals surface area contributed by atoms with Crippen molar-refractivity contribution < 1.29 is 0 Å². The Morgan fingerprint density at radius 1 is 1.00 bits per heavy atom. The first-order chi connectivity index (χ1) is 6.88. The summed E-state index contributed by atoms with van der Waals surface area (Å²) in [5.41, 5.74) is 1.44. The van der Waals surface area contributed by atoms with Crippen LogP contribution in [0.3, 0.4) is 0 Å². The predicted molar refractivity (Wildman–Crippen MR) is 64.7 cm³/mol. The Hall–Kier alpha value is -0.300. The zero-order valence-electron chi connectivity index (χ0n) is 8.45. The molecule has 2 rings (SSSR count). The summed E-state index contributed by atoms with van der Waals surface area (Å²) < 4.78 is 0. The highest BCUT2D eigenvalue weighted by Crippen LogP contribution is 2.39. The first-order valence-corrected chi connectivity index (χ1v) is 6.48. The molecule has 1 unspecified atom stereocenters. The standard InChI is InChI=1S/C13H17Br/c14-13(11-7-3-1-4-8-11)12-9-5-2-6-10-12/h1,3-4,7-8,12-13H,2,5-6,9-10H2. The third-order valence-corrected chi connectivity index (χ3v) is 4.46. The van der Waals surface area contributed by atoms with Gasteiger partial charge in [0.05, 0.1) is 0 Å². The Bertz CT molecular complexity index is 262. The zero-order chi connectivity index (χ0) is 9.80. The second-order valence-corrected chi connectivity index (χ2v) is 5.20. The van der Waals surface area contributed by atoms with Gasteiger partial charge in [0.2, 0.25) is 0 Å². The smallest absolute Gasteiger partial charge is 0.0423 e. The summed E-state index contributed by atoms with van der Waals surface area (Å²) in [5, 5.41) is 0. The van der Waals surface area contributed by atoms with Crippen molar-refractivity contribution in [3.8, 4) is 0 Å². The maximum Gasteiger partial charge on any atom is 0.0423 e. The van der Waals surface area contributed by atoms with E-state index >= 15 is 0 Å².